The summed E-state index contributed by atoms with van der Waals surface area (Å²) >= 11 is 5.91. The van der Waals surface area contributed by atoms with Crippen LogP contribution in [-0.4, -0.2) is 29.9 Å². The largest absolute Gasteiger partial charge is 0.438 e. The van der Waals surface area contributed by atoms with Gasteiger partial charge in [-0.3, -0.25) is 0 Å². The minimum Gasteiger partial charge on any atom is -0.438 e. The van der Waals surface area contributed by atoms with Gasteiger partial charge < -0.3 is 15.4 Å². The Hall–Kier alpha value is -2.05. The molecule has 5 nitrogen and oxygen atoms in total. The van der Waals surface area contributed by atoms with Crippen molar-refractivity contribution in [3.05, 3.63) is 41.0 Å². The molecule has 0 radical (unpaired) electrons. The molecule has 0 aliphatic rings. The van der Waals surface area contributed by atoms with Crippen LogP contribution in [-0.2, 0) is 6.18 Å². The predicted molar refractivity (Wildman–Crippen MR) is 111 cm³/mol. The average molecular weight is 448 g/mol. The highest BCUT2D eigenvalue weighted by molar-refractivity contribution is 7.65. The van der Waals surface area contributed by atoms with Crippen molar-refractivity contribution in [2.75, 3.05) is 18.1 Å². The number of benzene rings is 1. The van der Waals surface area contributed by atoms with E-state index in [4.69, 9.17) is 16.3 Å². The van der Waals surface area contributed by atoms with E-state index >= 15 is 0 Å². The number of rotatable bonds is 6. The molecule has 1 heterocycles. The second-order valence-electron chi connectivity index (χ2n) is 6.56. The molecule has 158 valence electrons. The van der Waals surface area contributed by atoms with Crippen LogP contribution in [0.5, 0.6) is 11.6 Å². The molecule has 0 spiro atoms. The lowest BCUT2D eigenvalue weighted by molar-refractivity contribution is -0.137. The first-order chi connectivity index (χ1) is 13.5. The smallest absolute Gasteiger partial charge is 0.417 e. The summed E-state index contributed by atoms with van der Waals surface area (Å²) in [5.41, 5.74) is -0.299. The zero-order valence-electron chi connectivity index (χ0n) is 16.4. The third-order valence-corrected chi connectivity index (χ3v) is 6.28. The third kappa shape index (κ3) is 6.47. The van der Waals surface area contributed by atoms with Crippen molar-refractivity contribution in [3.63, 3.8) is 0 Å². The van der Waals surface area contributed by atoms with Gasteiger partial charge in [0.15, 0.2) is 0 Å². The monoisotopic (exact) mass is 447 g/mol. The number of hydrogen-bond acceptors (Lipinski definition) is 3. The third-order valence-electron chi connectivity index (χ3n) is 3.87. The van der Waals surface area contributed by atoms with Gasteiger partial charge in [-0.2, -0.15) is 13.2 Å². The van der Waals surface area contributed by atoms with Gasteiger partial charge in [0, 0.05) is 17.5 Å². The summed E-state index contributed by atoms with van der Waals surface area (Å²) in [5, 5.41) is 6.24. The fourth-order valence-electron chi connectivity index (χ4n) is 2.35. The Morgan fingerprint density at radius 3 is 2.55 bits per heavy atom. The van der Waals surface area contributed by atoms with Crippen LogP contribution in [0.15, 0.2) is 30.5 Å². The molecule has 0 aliphatic carbocycles. The Morgan fingerprint density at radius 1 is 1.31 bits per heavy atom. The number of ether oxygens (including phenoxy) is 1. The second kappa shape index (κ2) is 9.63. The summed E-state index contributed by atoms with van der Waals surface area (Å²) in [6.45, 7) is 7.81. The number of amides is 2. The fourth-order valence-corrected chi connectivity index (χ4v) is 3.79. The molecule has 2 aromatic rings. The van der Waals surface area contributed by atoms with Gasteiger partial charge in [0.05, 0.1) is 11.3 Å². The Bertz CT molecular complexity index is 878. The van der Waals surface area contributed by atoms with Crippen LogP contribution in [0.3, 0.4) is 0 Å². The number of halogens is 4. The molecule has 2 rings (SSSR count). The average Bonchev–Trinajstić information content (AvgIpc) is 2.62. The van der Waals surface area contributed by atoms with Gasteiger partial charge in [0.25, 0.3) is 0 Å². The van der Waals surface area contributed by atoms with E-state index in [0.717, 1.165) is 17.5 Å². The normalized spacial score (nSPS) is 12.6. The van der Waals surface area contributed by atoms with Crippen molar-refractivity contribution in [2.45, 2.75) is 33.0 Å². The molecular formula is C19H22ClF3N3O2P. The quantitative estimate of drug-likeness (QED) is 0.547. The fraction of sp³-hybridized carbons (Fsp3) is 0.368. The molecular weight excluding hydrogens is 426 g/mol. The minimum absolute atomic E-state index is 0.0109. The SMILES string of the molecule is CCP(C)c1cc(Oc2ncc(C(F)(F)F)cc2Cl)ccc1NC(=O)NC(C)C. The number of aromatic nitrogens is 1. The van der Waals surface area contributed by atoms with Gasteiger partial charge in [0.1, 0.15) is 10.8 Å². The summed E-state index contributed by atoms with van der Waals surface area (Å²) in [4.78, 5) is 15.7. The maximum atomic E-state index is 12.8. The molecule has 2 amide bonds. The Labute approximate surface area is 173 Å². The lowest BCUT2D eigenvalue weighted by Gasteiger charge is -2.19. The summed E-state index contributed by atoms with van der Waals surface area (Å²) < 4.78 is 43.9. The van der Waals surface area contributed by atoms with Crippen LogP contribution in [0.2, 0.25) is 5.02 Å². The number of carbonyl (C=O) groups is 1. The Kier molecular flexibility index (Phi) is 7.72. The minimum atomic E-state index is -4.54. The standard InChI is InChI=1S/C19H22ClF3N3O2P/c1-5-29(4)16-9-13(6-7-15(16)26-18(27)25-11(2)3)28-17-14(20)8-12(10-24-17)19(21,22)23/h6-11H,5H2,1-4H3,(H2,25,26,27). The van der Waals surface area contributed by atoms with E-state index in [2.05, 4.69) is 22.3 Å². The zero-order valence-corrected chi connectivity index (χ0v) is 18.0. The molecule has 10 heteroatoms. The highest BCUT2D eigenvalue weighted by atomic mass is 35.5. The summed E-state index contributed by atoms with van der Waals surface area (Å²) in [6, 6.07) is 5.48. The Morgan fingerprint density at radius 2 is 2.00 bits per heavy atom. The van der Waals surface area contributed by atoms with Crippen LogP contribution in [0.4, 0.5) is 23.7 Å². The van der Waals surface area contributed by atoms with E-state index < -0.39 is 19.7 Å². The molecule has 2 N–H and O–H groups in total. The predicted octanol–water partition coefficient (Wildman–Crippen LogP) is 5.83. The number of anilines is 1. The number of hydrogen-bond donors (Lipinski definition) is 2. The van der Waals surface area contributed by atoms with Crippen molar-refractivity contribution >= 4 is 36.5 Å². The van der Waals surface area contributed by atoms with Crippen molar-refractivity contribution in [1.82, 2.24) is 10.3 Å². The molecule has 1 unspecified atom stereocenters. The highest BCUT2D eigenvalue weighted by Gasteiger charge is 2.31. The number of urea groups is 1. The van der Waals surface area contributed by atoms with Crippen molar-refractivity contribution in [2.24, 2.45) is 0 Å². The first-order valence-electron chi connectivity index (χ1n) is 8.84. The van der Waals surface area contributed by atoms with Gasteiger partial charge >= 0.3 is 12.2 Å². The van der Waals surface area contributed by atoms with E-state index in [1.165, 1.54) is 0 Å². The molecule has 1 atom stereocenters. The van der Waals surface area contributed by atoms with Crippen LogP contribution in [0.1, 0.15) is 26.3 Å². The number of carbonyl (C=O) groups excluding carboxylic acids is 1. The maximum absolute atomic E-state index is 12.8. The molecule has 0 aliphatic heterocycles. The summed E-state index contributed by atoms with van der Waals surface area (Å²) in [7, 11) is -0.589. The van der Waals surface area contributed by atoms with Gasteiger partial charge in [-0.25, -0.2) is 9.78 Å². The number of nitrogens with zero attached hydrogens (tertiary/aromatic N) is 1. The van der Waals surface area contributed by atoms with Gasteiger partial charge in [-0.05, 0) is 50.9 Å². The second-order valence-corrected chi connectivity index (χ2v) is 9.47. The molecule has 0 saturated heterocycles. The molecule has 1 aromatic heterocycles. The highest BCUT2D eigenvalue weighted by Crippen LogP contribution is 2.37. The van der Waals surface area contributed by atoms with E-state index in [1.54, 1.807) is 18.2 Å². The van der Waals surface area contributed by atoms with Crippen molar-refractivity contribution in [3.8, 4) is 11.6 Å². The zero-order chi connectivity index (χ0) is 21.8. The molecule has 29 heavy (non-hydrogen) atoms. The Balaban J connectivity index is 2.29. The first-order valence-corrected chi connectivity index (χ1v) is 11.2. The van der Waals surface area contributed by atoms with E-state index in [-0.39, 0.29) is 23.0 Å². The van der Waals surface area contributed by atoms with Crippen molar-refractivity contribution in [1.29, 1.82) is 0 Å². The van der Waals surface area contributed by atoms with Crippen LogP contribution < -0.4 is 20.7 Å². The van der Waals surface area contributed by atoms with Gasteiger partial charge in [-0.15, -0.1) is 0 Å². The van der Waals surface area contributed by atoms with E-state index in [9.17, 15) is 18.0 Å². The molecule has 0 fully saturated rings. The number of nitrogens with one attached hydrogen (secondary N) is 2. The van der Waals surface area contributed by atoms with Gasteiger partial charge in [-0.1, -0.05) is 26.4 Å². The lowest BCUT2D eigenvalue weighted by atomic mass is 10.3. The lowest BCUT2D eigenvalue weighted by Crippen LogP contribution is -2.35. The topological polar surface area (TPSA) is 63.2 Å². The number of alkyl halides is 3. The summed E-state index contributed by atoms with van der Waals surface area (Å²) in [5.74, 6) is 0.243. The molecule has 0 bridgehead atoms. The van der Waals surface area contributed by atoms with Crippen LogP contribution in [0, 0.1) is 0 Å². The maximum Gasteiger partial charge on any atom is 0.417 e. The van der Waals surface area contributed by atoms with E-state index in [0.29, 0.717) is 17.6 Å². The van der Waals surface area contributed by atoms with Crippen LogP contribution >= 0.6 is 19.5 Å². The molecule has 1 aromatic carbocycles. The van der Waals surface area contributed by atoms with Crippen LogP contribution in [0.25, 0.3) is 0 Å². The summed E-state index contributed by atoms with van der Waals surface area (Å²) in [6.07, 6.45) is -2.99. The number of pyridine rings is 1. The van der Waals surface area contributed by atoms with Gasteiger partial charge in [0.2, 0.25) is 5.88 Å². The first kappa shape index (κ1) is 23.2. The van der Waals surface area contributed by atoms with E-state index in [1.807, 2.05) is 20.8 Å². The van der Waals surface area contributed by atoms with Crippen molar-refractivity contribution < 1.29 is 22.7 Å². The molecule has 0 saturated carbocycles.